The quantitative estimate of drug-likeness (QED) is 0.796. The average molecular weight is 307 g/mol. The van der Waals surface area contributed by atoms with Crippen molar-refractivity contribution >= 4 is 17.7 Å². The second kappa shape index (κ2) is 6.38. The first-order chi connectivity index (χ1) is 9.76. The summed E-state index contributed by atoms with van der Waals surface area (Å²) >= 11 is 2.03. The van der Waals surface area contributed by atoms with Gasteiger partial charge in [-0.25, -0.2) is 0 Å². The van der Waals surface area contributed by atoms with Gasteiger partial charge in [-0.05, 0) is 17.5 Å². The Kier molecular flexibility index (Phi) is 4.96. The van der Waals surface area contributed by atoms with E-state index in [4.69, 9.17) is 11.5 Å². The summed E-state index contributed by atoms with van der Waals surface area (Å²) in [5.41, 5.74) is 13.0. The van der Waals surface area contributed by atoms with E-state index in [-0.39, 0.29) is 0 Å². The van der Waals surface area contributed by atoms with Crippen LogP contribution >= 0.6 is 11.8 Å². The summed E-state index contributed by atoms with van der Waals surface area (Å²) in [6, 6.07) is 7.54. The van der Waals surface area contributed by atoms with Gasteiger partial charge in [0.2, 0.25) is 5.91 Å². The van der Waals surface area contributed by atoms with E-state index in [1.165, 1.54) is 5.56 Å². The van der Waals surface area contributed by atoms with Crippen LogP contribution in [0.2, 0.25) is 0 Å². The molecule has 1 saturated heterocycles. The van der Waals surface area contributed by atoms with Crippen LogP contribution in [0.5, 0.6) is 0 Å². The van der Waals surface area contributed by atoms with Crippen molar-refractivity contribution in [2.75, 3.05) is 6.54 Å². The number of nitrogens with one attached hydrogen (secondary N) is 1. The highest BCUT2D eigenvalue weighted by Gasteiger charge is 2.29. The molecule has 0 spiro atoms. The number of amides is 1. The highest BCUT2D eigenvalue weighted by molar-refractivity contribution is 8.01. The van der Waals surface area contributed by atoms with Gasteiger partial charge in [-0.1, -0.05) is 45.0 Å². The maximum Gasteiger partial charge on any atom is 0.238 e. The summed E-state index contributed by atoms with van der Waals surface area (Å²) in [5, 5.41) is 4.21. The van der Waals surface area contributed by atoms with Crippen molar-refractivity contribution < 1.29 is 4.79 Å². The molecule has 5 N–H and O–H groups in total. The molecular weight excluding hydrogens is 282 g/mol. The predicted molar refractivity (Wildman–Crippen MR) is 89.1 cm³/mol. The van der Waals surface area contributed by atoms with Gasteiger partial charge in [-0.15, -0.1) is 0 Å². The molecule has 3 atom stereocenters. The molecule has 1 aliphatic heterocycles. The lowest BCUT2D eigenvalue weighted by Crippen LogP contribution is -2.28. The van der Waals surface area contributed by atoms with Crippen LogP contribution in [-0.4, -0.2) is 22.4 Å². The van der Waals surface area contributed by atoms with E-state index in [9.17, 15) is 4.79 Å². The molecule has 0 aliphatic carbocycles. The maximum absolute atomic E-state index is 11.1. The lowest BCUT2D eigenvalue weighted by Gasteiger charge is -2.22. The number of carbonyl (C=O) groups is 1. The Morgan fingerprint density at radius 3 is 2.48 bits per heavy atom. The van der Waals surface area contributed by atoms with Gasteiger partial charge in [0.05, 0.1) is 0 Å². The Labute approximate surface area is 131 Å². The number of hydrogen-bond donors (Lipinski definition) is 3. The number of carbonyl (C=O) groups excluding carboxylic acids is 1. The highest BCUT2D eigenvalue weighted by atomic mass is 32.2. The number of rotatable bonds is 4. The minimum absolute atomic E-state index is 0.291. The third kappa shape index (κ3) is 4.46. The standard InChI is InChI=1S/C16H25N3OS/c1-16(2,3)21-12-8-13(19-9-12)10-4-6-11(7-5-10)14(17)15(18)20/h4-7,12-14,19H,8-9,17H2,1-3H3,(H2,18,20). The second-order valence-corrected chi connectivity index (χ2v) is 8.72. The van der Waals surface area contributed by atoms with Crippen LogP contribution in [-0.2, 0) is 4.79 Å². The molecule has 1 aliphatic rings. The number of thioether (sulfide) groups is 1. The summed E-state index contributed by atoms with van der Waals surface area (Å²) in [6.45, 7) is 7.80. The van der Waals surface area contributed by atoms with Gasteiger partial charge >= 0.3 is 0 Å². The molecule has 1 fully saturated rings. The van der Waals surface area contributed by atoms with Crippen molar-refractivity contribution in [2.24, 2.45) is 11.5 Å². The zero-order valence-electron chi connectivity index (χ0n) is 12.9. The van der Waals surface area contributed by atoms with Crippen molar-refractivity contribution in [3.05, 3.63) is 35.4 Å². The van der Waals surface area contributed by atoms with Crippen molar-refractivity contribution in [3.8, 4) is 0 Å². The first kappa shape index (κ1) is 16.3. The zero-order valence-corrected chi connectivity index (χ0v) is 13.7. The summed E-state index contributed by atoms with van der Waals surface area (Å²) < 4.78 is 0.291. The van der Waals surface area contributed by atoms with Gasteiger partial charge in [-0.3, -0.25) is 4.79 Å². The summed E-state index contributed by atoms with van der Waals surface area (Å²) in [6.07, 6.45) is 1.13. The number of primary amides is 1. The van der Waals surface area contributed by atoms with E-state index in [1.54, 1.807) is 0 Å². The van der Waals surface area contributed by atoms with Gasteiger partial charge in [0.25, 0.3) is 0 Å². The minimum atomic E-state index is -0.722. The van der Waals surface area contributed by atoms with E-state index in [0.717, 1.165) is 18.5 Å². The Morgan fingerprint density at radius 2 is 1.95 bits per heavy atom. The fraction of sp³-hybridized carbons (Fsp3) is 0.562. The van der Waals surface area contributed by atoms with Gasteiger partial charge in [-0.2, -0.15) is 11.8 Å². The molecule has 116 valence electrons. The molecular formula is C16H25N3OS. The Morgan fingerprint density at radius 1 is 1.33 bits per heavy atom. The Bertz CT molecular complexity index is 495. The molecule has 1 aromatic rings. The number of nitrogens with two attached hydrogens (primary N) is 2. The molecule has 1 aromatic carbocycles. The molecule has 1 amide bonds. The normalized spacial score (nSPS) is 24.0. The molecule has 3 unspecified atom stereocenters. The molecule has 21 heavy (non-hydrogen) atoms. The predicted octanol–water partition coefficient (Wildman–Crippen LogP) is 2.11. The molecule has 2 rings (SSSR count). The van der Waals surface area contributed by atoms with Crippen molar-refractivity contribution in [3.63, 3.8) is 0 Å². The van der Waals surface area contributed by atoms with Crippen molar-refractivity contribution in [2.45, 2.75) is 49.3 Å². The molecule has 0 saturated carbocycles. The van der Waals surface area contributed by atoms with E-state index in [1.807, 2.05) is 36.0 Å². The largest absolute Gasteiger partial charge is 0.368 e. The SMILES string of the molecule is CC(C)(C)SC1CNC(c2ccc(C(N)C(N)=O)cc2)C1. The van der Waals surface area contributed by atoms with Gasteiger partial charge in [0, 0.05) is 22.6 Å². The van der Waals surface area contributed by atoms with Gasteiger partial charge in [0.1, 0.15) is 6.04 Å². The van der Waals surface area contributed by atoms with Crippen LogP contribution in [0.3, 0.4) is 0 Å². The lowest BCUT2D eigenvalue weighted by molar-refractivity contribution is -0.119. The zero-order chi connectivity index (χ0) is 15.6. The van der Waals surface area contributed by atoms with Gasteiger partial charge in [0.15, 0.2) is 0 Å². The number of benzene rings is 1. The third-order valence-corrected chi connectivity index (χ3v) is 5.01. The summed E-state index contributed by atoms with van der Waals surface area (Å²) in [5.74, 6) is -0.497. The Balaban J connectivity index is 1.99. The molecule has 0 radical (unpaired) electrons. The van der Waals surface area contributed by atoms with Crippen LogP contribution in [0, 0.1) is 0 Å². The first-order valence-corrected chi connectivity index (χ1v) is 8.20. The van der Waals surface area contributed by atoms with E-state index >= 15 is 0 Å². The van der Waals surface area contributed by atoms with E-state index in [0.29, 0.717) is 16.0 Å². The summed E-state index contributed by atoms with van der Waals surface area (Å²) in [7, 11) is 0. The van der Waals surface area contributed by atoms with Crippen LogP contribution in [0.25, 0.3) is 0 Å². The fourth-order valence-corrected chi connectivity index (χ4v) is 4.12. The maximum atomic E-state index is 11.1. The van der Waals surface area contributed by atoms with Crippen LogP contribution in [0.1, 0.15) is 50.4 Å². The first-order valence-electron chi connectivity index (χ1n) is 7.32. The molecule has 4 nitrogen and oxygen atoms in total. The van der Waals surface area contributed by atoms with Crippen molar-refractivity contribution in [1.29, 1.82) is 0 Å². The second-order valence-electron chi connectivity index (χ2n) is 6.60. The average Bonchev–Trinajstić information content (AvgIpc) is 2.84. The fourth-order valence-electron chi connectivity index (χ4n) is 2.65. The minimum Gasteiger partial charge on any atom is -0.368 e. The smallest absolute Gasteiger partial charge is 0.238 e. The topological polar surface area (TPSA) is 81.1 Å². The monoisotopic (exact) mass is 307 g/mol. The molecule has 0 bridgehead atoms. The van der Waals surface area contributed by atoms with E-state index < -0.39 is 11.9 Å². The summed E-state index contributed by atoms with van der Waals surface area (Å²) in [4.78, 5) is 11.1. The molecule has 0 aromatic heterocycles. The van der Waals surface area contributed by atoms with Gasteiger partial charge < -0.3 is 16.8 Å². The number of hydrogen-bond acceptors (Lipinski definition) is 4. The Hall–Kier alpha value is -1.04. The van der Waals surface area contributed by atoms with Crippen LogP contribution < -0.4 is 16.8 Å². The molecule has 1 heterocycles. The van der Waals surface area contributed by atoms with Crippen molar-refractivity contribution in [1.82, 2.24) is 5.32 Å². The molecule has 5 heteroatoms. The van der Waals surface area contributed by atoms with Crippen LogP contribution in [0.4, 0.5) is 0 Å². The highest BCUT2D eigenvalue weighted by Crippen LogP contribution is 2.36. The third-order valence-electron chi connectivity index (χ3n) is 3.62. The van der Waals surface area contributed by atoms with E-state index in [2.05, 4.69) is 26.1 Å². The lowest BCUT2D eigenvalue weighted by atomic mass is 10.0. The van der Waals surface area contributed by atoms with Crippen LogP contribution in [0.15, 0.2) is 24.3 Å².